The molecule has 0 bridgehead atoms. The summed E-state index contributed by atoms with van der Waals surface area (Å²) in [6, 6.07) is 11.6. The van der Waals surface area contributed by atoms with Crippen LogP contribution in [0.3, 0.4) is 0 Å². The van der Waals surface area contributed by atoms with Gasteiger partial charge in [-0.1, -0.05) is 17.7 Å². The second-order valence-corrected chi connectivity index (χ2v) is 9.38. The second kappa shape index (κ2) is 10.0. The van der Waals surface area contributed by atoms with E-state index >= 15 is 0 Å². The molecule has 4 heterocycles. The van der Waals surface area contributed by atoms with Gasteiger partial charge in [0.05, 0.1) is 24.0 Å². The van der Waals surface area contributed by atoms with Gasteiger partial charge in [-0.25, -0.2) is 4.98 Å². The van der Waals surface area contributed by atoms with Crippen LogP contribution < -0.4 is 10.1 Å². The molecule has 4 aromatic rings. The summed E-state index contributed by atoms with van der Waals surface area (Å²) in [5.41, 5.74) is 3.78. The van der Waals surface area contributed by atoms with Gasteiger partial charge < -0.3 is 19.5 Å². The molecule has 0 unspecified atom stereocenters. The number of carbonyl (C=O) groups is 2. The van der Waals surface area contributed by atoms with Crippen molar-refractivity contribution in [2.24, 2.45) is 13.0 Å². The van der Waals surface area contributed by atoms with Crippen LogP contribution in [0, 0.1) is 5.92 Å². The highest BCUT2D eigenvalue weighted by Gasteiger charge is 2.29. The number of hydrogen-bond acceptors (Lipinski definition) is 5. The molecular formula is C26H27ClN6O3. The van der Waals surface area contributed by atoms with E-state index in [1.807, 2.05) is 19.3 Å². The van der Waals surface area contributed by atoms with Gasteiger partial charge in [0.15, 0.2) is 5.69 Å². The van der Waals surface area contributed by atoms with Gasteiger partial charge >= 0.3 is 0 Å². The third-order valence-electron chi connectivity index (χ3n) is 6.70. The van der Waals surface area contributed by atoms with Crippen molar-refractivity contribution in [3.05, 3.63) is 65.1 Å². The first-order chi connectivity index (χ1) is 17.4. The second-order valence-electron chi connectivity index (χ2n) is 8.98. The standard InChI is InChI=1S/C26H27ClN6O3/c1-32-8-5-18-11-16(3-4-23(18)32)14-29-25(34)17-6-9-33(10-7-17)26(35)22-13-21(30-31-22)19-12-24(36-2)28-15-20(19)27/h3-5,8,11-13,15,17H,6-7,9-10,14H2,1-2H3,(H,29,34)(H,30,31). The maximum absolute atomic E-state index is 13.0. The van der Waals surface area contributed by atoms with Crippen molar-refractivity contribution in [3.63, 3.8) is 0 Å². The monoisotopic (exact) mass is 506 g/mol. The Hall–Kier alpha value is -3.85. The Morgan fingerprint density at radius 1 is 1.19 bits per heavy atom. The third-order valence-corrected chi connectivity index (χ3v) is 7.00. The molecular weight excluding hydrogens is 480 g/mol. The zero-order chi connectivity index (χ0) is 25.2. The molecule has 0 atom stereocenters. The normalized spacial score (nSPS) is 14.2. The minimum absolute atomic E-state index is 0.0265. The Morgan fingerprint density at radius 2 is 2.00 bits per heavy atom. The van der Waals surface area contributed by atoms with Crippen LogP contribution in [0.1, 0.15) is 28.9 Å². The highest BCUT2D eigenvalue weighted by Crippen LogP contribution is 2.29. The van der Waals surface area contributed by atoms with Gasteiger partial charge in [0, 0.05) is 55.9 Å². The molecule has 0 aliphatic carbocycles. The predicted octanol–water partition coefficient (Wildman–Crippen LogP) is 3.79. The van der Waals surface area contributed by atoms with E-state index in [-0.39, 0.29) is 17.7 Å². The third kappa shape index (κ3) is 4.79. The molecule has 0 saturated carbocycles. The van der Waals surface area contributed by atoms with Crippen LogP contribution in [0.15, 0.2) is 48.8 Å². The van der Waals surface area contributed by atoms with Crippen LogP contribution in [0.5, 0.6) is 5.88 Å². The molecule has 0 spiro atoms. The summed E-state index contributed by atoms with van der Waals surface area (Å²) in [5, 5.41) is 11.7. The van der Waals surface area contributed by atoms with Gasteiger partial charge in [-0.05, 0) is 48.1 Å². The molecule has 1 fully saturated rings. The van der Waals surface area contributed by atoms with E-state index in [9.17, 15) is 9.59 Å². The van der Waals surface area contributed by atoms with Crippen molar-refractivity contribution >= 4 is 34.3 Å². The zero-order valence-corrected chi connectivity index (χ0v) is 20.9. The molecule has 5 rings (SSSR count). The number of ether oxygens (including phenoxy) is 1. The van der Waals surface area contributed by atoms with Gasteiger partial charge in [-0.15, -0.1) is 0 Å². The van der Waals surface area contributed by atoms with Crippen molar-refractivity contribution in [1.29, 1.82) is 0 Å². The SMILES string of the molecule is COc1cc(-c2cc(C(=O)N3CCC(C(=O)NCc4ccc5c(ccn5C)c4)CC3)n[nH]2)c(Cl)cn1. The highest BCUT2D eigenvalue weighted by molar-refractivity contribution is 6.33. The van der Waals surface area contributed by atoms with E-state index in [1.165, 1.54) is 13.3 Å². The van der Waals surface area contributed by atoms with Crippen LogP contribution in [-0.4, -0.2) is 56.7 Å². The number of amides is 2. The van der Waals surface area contributed by atoms with Gasteiger partial charge in [0.1, 0.15) is 0 Å². The maximum Gasteiger partial charge on any atom is 0.274 e. The number of aromatic amines is 1. The molecule has 9 nitrogen and oxygen atoms in total. The minimum Gasteiger partial charge on any atom is -0.481 e. The topological polar surface area (TPSA) is 105 Å². The first-order valence-corrected chi connectivity index (χ1v) is 12.2. The Kier molecular flexibility index (Phi) is 6.65. The first kappa shape index (κ1) is 23.9. The fourth-order valence-corrected chi connectivity index (χ4v) is 4.79. The van der Waals surface area contributed by atoms with Crippen molar-refractivity contribution in [1.82, 2.24) is 30.0 Å². The smallest absolute Gasteiger partial charge is 0.274 e. The van der Waals surface area contributed by atoms with Gasteiger partial charge in [0.2, 0.25) is 11.8 Å². The summed E-state index contributed by atoms with van der Waals surface area (Å²) < 4.78 is 7.23. The molecule has 3 aromatic heterocycles. The van der Waals surface area contributed by atoms with E-state index in [0.717, 1.165) is 16.5 Å². The van der Waals surface area contributed by atoms with Crippen molar-refractivity contribution in [3.8, 4) is 17.1 Å². The Bertz CT molecular complexity index is 1420. The number of rotatable bonds is 6. The van der Waals surface area contributed by atoms with Crippen molar-refractivity contribution in [2.75, 3.05) is 20.2 Å². The zero-order valence-electron chi connectivity index (χ0n) is 20.1. The average Bonchev–Trinajstić information content (AvgIpc) is 3.54. The fourth-order valence-electron chi connectivity index (χ4n) is 4.59. The molecule has 1 aliphatic rings. The molecule has 0 radical (unpaired) electrons. The quantitative estimate of drug-likeness (QED) is 0.414. The number of benzene rings is 1. The number of nitrogens with zero attached hydrogens (tertiary/aromatic N) is 4. The van der Waals surface area contributed by atoms with Crippen LogP contribution >= 0.6 is 11.6 Å². The van der Waals surface area contributed by atoms with Gasteiger partial charge in [0.25, 0.3) is 5.91 Å². The largest absolute Gasteiger partial charge is 0.481 e. The summed E-state index contributed by atoms with van der Waals surface area (Å²) in [6.45, 7) is 1.49. The lowest BCUT2D eigenvalue weighted by molar-refractivity contribution is -0.126. The number of hydrogen-bond donors (Lipinski definition) is 2. The fraction of sp³-hybridized carbons (Fsp3) is 0.308. The number of pyridine rings is 1. The summed E-state index contributed by atoms with van der Waals surface area (Å²) in [5.74, 6) is 0.147. The molecule has 36 heavy (non-hydrogen) atoms. The number of piperidine rings is 1. The van der Waals surface area contributed by atoms with Crippen molar-refractivity contribution < 1.29 is 14.3 Å². The number of fused-ring (bicyclic) bond motifs is 1. The Morgan fingerprint density at radius 3 is 2.78 bits per heavy atom. The number of halogens is 1. The predicted molar refractivity (Wildman–Crippen MR) is 137 cm³/mol. The van der Waals surface area contributed by atoms with Gasteiger partial charge in [-0.3, -0.25) is 14.7 Å². The lowest BCUT2D eigenvalue weighted by Crippen LogP contribution is -2.43. The van der Waals surface area contributed by atoms with Crippen LogP contribution in [0.25, 0.3) is 22.2 Å². The first-order valence-electron chi connectivity index (χ1n) is 11.8. The molecule has 10 heteroatoms. The number of likely N-dealkylation sites (tertiary alicyclic amines) is 1. The number of methoxy groups -OCH3 is 1. The number of nitrogens with one attached hydrogen (secondary N) is 2. The lowest BCUT2D eigenvalue weighted by Gasteiger charge is -2.30. The Balaban J connectivity index is 1.15. The average molecular weight is 507 g/mol. The summed E-state index contributed by atoms with van der Waals surface area (Å²) in [4.78, 5) is 31.6. The van der Waals surface area contributed by atoms with E-state index < -0.39 is 0 Å². The highest BCUT2D eigenvalue weighted by atomic mass is 35.5. The molecule has 1 saturated heterocycles. The summed E-state index contributed by atoms with van der Waals surface area (Å²) >= 11 is 6.26. The van der Waals surface area contributed by atoms with Crippen LogP contribution in [0.4, 0.5) is 0 Å². The van der Waals surface area contributed by atoms with E-state index in [2.05, 4.69) is 43.3 Å². The maximum atomic E-state index is 13.0. The van der Waals surface area contributed by atoms with Crippen LogP contribution in [-0.2, 0) is 18.4 Å². The number of aryl methyl sites for hydroxylation is 1. The lowest BCUT2D eigenvalue weighted by atomic mass is 9.95. The van der Waals surface area contributed by atoms with E-state index in [4.69, 9.17) is 16.3 Å². The van der Waals surface area contributed by atoms with Crippen molar-refractivity contribution in [2.45, 2.75) is 19.4 Å². The number of aromatic nitrogens is 4. The Labute approximate surface area is 213 Å². The molecule has 1 aliphatic heterocycles. The van der Waals surface area contributed by atoms with E-state index in [1.54, 1.807) is 17.0 Å². The minimum atomic E-state index is -0.176. The van der Waals surface area contributed by atoms with Gasteiger partial charge in [-0.2, -0.15) is 5.10 Å². The molecule has 2 N–H and O–H groups in total. The molecule has 2 amide bonds. The summed E-state index contributed by atoms with van der Waals surface area (Å²) in [6.07, 6.45) is 4.74. The number of H-pyrrole nitrogens is 1. The summed E-state index contributed by atoms with van der Waals surface area (Å²) in [7, 11) is 3.54. The van der Waals surface area contributed by atoms with Crippen LogP contribution in [0.2, 0.25) is 5.02 Å². The van der Waals surface area contributed by atoms with E-state index in [0.29, 0.717) is 60.3 Å². The number of carbonyl (C=O) groups excluding carboxylic acids is 2. The molecule has 1 aromatic carbocycles. The molecule has 186 valence electrons.